The summed E-state index contributed by atoms with van der Waals surface area (Å²) in [7, 11) is 0. The molecule has 4 nitrogen and oxygen atoms in total. The highest BCUT2D eigenvalue weighted by Gasteiger charge is 2.13. The first kappa shape index (κ1) is 17.3. The van der Waals surface area contributed by atoms with Crippen molar-refractivity contribution < 1.29 is 9.21 Å². The highest BCUT2D eigenvalue weighted by Crippen LogP contribution is 2.30. The molecule has 0 bridgehead atoms. The van der Waals surface area contributed by atoms with Gasteiger partial charge in [0.15, 0.2) is 5.58 Å². The Morgan fingerprint density at radius 3 is 2.48 bits per heavy atom. The summed E-state index contributed by atoms with van der Waals surface area (Å²) in [4.78, 5) is 17.1. The summed E-state index contributed by atoms with van der Waals surface area (Å²) in [5.41, 5.74) is 5.41. The van der Waals surface area contributed by atoms with Crippen molar-refractivity contribution in [2.75, 3.05) is 5.32 Å². The van der Waals surface area contributed by atoms with Crippen molar-refractivity contribution in [2.24, 2.45) is 0 Å². The minimum Gasteiger partial charge on any atom is -0.436 e. The minimum atomic E-state index is -0.210. The van der Waals surface area contributed by atoms with Crippen LogP contribution in [0, 0.1) is 13.8 Å². The van der Waals surface area contributed by atoms with Crippen molar-refractivity contribution in [3.8, 4) is 11.5 Å². The predicted molar refractivity (Wildman–Crippen MR) is 108 cm³/mol. The fraction of sp³-hybridized carbons (Fsp3) is 0.0909. The number of carbonyl (C=O) groups excluding carboxylic acids is 1. The third-order valence-corrected chi connectivity index (χ3v) is 4.57. The molecule has 4 rings (SSSR count). The average Bonchev–Trinajstić information content (AvgIpc) is 3.07. The predicted octanol–water partition coefficient (Wildman–Crippen LogP) is 6.02. The molecule has 0 aliphatic carbocycles. The van der Waals surface area contributed by atoms with Crippen LogP contribution in [0.5, 0.6) is 0 Å². The number of nitrogens with one attached hydrogen (secondary N) is 1. The van der Waals surface area contributed by atoms with Gasteiger partial charge in [-0.05, 0) is 56.3 Å². The summed E-state index contributed by atoms with van der Waals surface area (Å²) < 4.78 is 5.80. The van der Waals surface area contributed by atoms with Crippen LogP contribution >= 0.6 is 11.6 Å². The van der Waals surface area contributed by atoms with Gasteiger partial charge in [0, 0.05) is 11.1 Å². The van der Waals surface area contributed by atoms with Gasteiger partial charge in [-0.2, -0.15) is 0 Å². The zero-order chi connectivity index (χ0) is 19.0. The van der Waals surface area contributed by atoms with E-state index in [1.807, 2.05) is 62.4 Å². The molecule has 0 spiro atoms. The number of benzene rings is 3. The molecule has 0 saturated heterocycles. The summed E-state index contributed by atoms with van der Waals surface area (Å²) in [5.74, 6) is 0.271. The van der Waals surface area contributed by atoms with Gasteiger partial charge in [-0.3, -0.25) is 4.79 Å². The van der Waals surface area contributed by atoms with E-state index < -0.39 is 0 Å². The molecule has 0 aliphatic heterocycles. The van der Waals surface area contributed by atoms with Crippen LogP contribution in [0.25, 0.3) is 22.6 Å². The normalized spacial score (nSPS) is 10.9. The molecular formula is C22H17ClN2O2. The fourth-order valence-electron chi connectivity index (χ4n) is 3.05. The Balaban J connectivity index is 1.67. The molecule has 27 heavy (non-hydrogen) atoms. The van der Waals surface area contributed by atoms with Crippen LogP contribution in [-0.2, 0) is 0 Å². The SMILES string of the molecule is Cc1cc(C)cc(C(=O)Nc2cc(-c3nc4ccccc4o3)ccc2Cl)c1. The number of aryl methyl sites for hydroxylation is 2. The smallest absolute Gasteiger partial charge is 0.255 e. The Bertz CT molecular complexity index is 1110. The molecule has 0 saturated carbocycles. The van der Waals surface area contributed by atoms with E-state index in [-0.39, 0.29) is 5.91 Å². The summed E-state index contributed by atoms with van der Waals surface area (Å²) in [6.45, 7) is 3.93. The maximum Gasteiger partial charge on any atom is 0.255 e. The number of aromatic nitrogens is 1. The third kappa shape index (κ3) is 3.57. The van der Waals surface area contributed by atoms with Gasteiger partial charge in [-0.15, -0.1) is 0 Å². The van der Waals surface area contributed by atoms with Crippen molar-refractivity contribution in [3.63, 3.8) is 0 Å². The summed E-state index contributed by atoms with van der Waals surface area (Å²) >= 11 is 6.29. The first-order valence-corrected chi connectivity index (χ1v) is 8.92. The standard InChI is InChI=1S/C22H17ClN2O2/c1-13-9-14(2)11-16(10-13)21(26)24-19-12-15(7-8-17(19)23)22-25-18-5-3-4-6-20(18)27-22/h3-12H,1-2H3,(H,24,26). The number of hydrogen-bond acceptors (Lipinski definition) is 3. The highest BCUT2D eigenvalue weighted by molar-refractivity contribution is 6.34. The van der Waals surface area contributed by atoms with E-state index in [9.17, 15) is 4.79 Å². The molecule has 0 atom stereocenters. The van der Waals surface area contributed by atoms with Gasteiger partial charge < -0.3 is 9.73 Å². The maximum atomic E-state index is 12.7. The molecule has 1 heterocycles. The topological polar surface area (TPSA) is 55.1 Å². The van der Waals surface area contributed by atoms with Gasteiger partial charge in [0.2, 0.25) is 5.89 Å². The fourth-order valence-corrected chi connectivity index (χ4v) is 3.21. The zero-order valence-corrected chi connectivity index (χ0v) is 15.7. The number of fused-ring (bicyclic) bond motifs is 1. The van der Waals surface area contributed by atoms with Crippen molar-refractivity contribution >= 4 is 34.3 Å². The first-order valence-electron chi connectivity index (χ1n) is 8.55. The molecule has 0 fully saturated rings. The molecule has 4 aromatic rings. The van der Waals surface area contributed by atoms with Gasteiger partial charge in [0.1, 0.15) is 5.52 Å². The second-order valence-corrected chi connectivity index (χ2v) is 6.92. The van der Waals surface area contributed by atoms with Gasteiger partial charge in [0.25, 0.3) is 5.91 Å². The van der Waals surface area contributed by atoms with Gasteiger partial charge >= 0.3 is 0 Å². The van der Waals surface area contributed by atoms with Crippen LogP contribution in [0.15, 0.2) is 65.1 Å². The summed E-state index contributed by atoms with van der Waals surface area (Å²) in [6.07, 6.45) is 0. The second-order valence-electron chi connectivity index (χ2n) is 6.51. The van der Waals surface area contributed by atoms with Gasteiger partial charge in [0.05, 0.1) is 10.7 Å². The number of nitrogens with zero attached hydrogens (tertiary/aromatic N) is 1. The number of hydrogen-bond donors (Lipinski definition) is 1. The van der Waals surface area contributed by atoms with E-state index in [0.717, 1.165) is 22.2 Å². The highest BCUT2D eigenvalue weighted by atomic mass is 35.5. The molecule has 1 amide bonds. The molecule has 1 N–H and O–H groups in total. The lowest BCUT2D eigenvalue weighted by Gasteiger charge is -2.10. The van der Waals surface area contributed by atoms with Crippen LogP contribution in [0.1, 0.15) is 21.5 Å². The lowest BCUT2D eigenvalue weighted by molar-refractivity contribution is 0.102. The summed E-state index contributed by atoms with van der Waals surface area (Å²) in [6, 6.07) is 18.6. The van der Waals surface area contributed by atoms with E-state index in [0.29, 0.717) is 27.7 Å². The van der Waals surface area contributed by atoms with Gasteiger partial charge in [-0.25, -0.2) is 4.98 Å². The lowest BCUT2D eigenvalue weighted by Crippen LogP contribution is -2.12. The van der Waals surface area contributed by atoms with E-state index in [1.165, 1.54) is 0 Å². The number of amides is 1. The third-order valence-electron chi connectivity index (χ3n) is 4.24. The Kier molecular flexibility index (Phi) is 4.42. The molecule has 134 valence electrons. The number of halogens is 1. The first-order chi connectivity index (χ1) is 13.0. The number of para-hydroxylation sites is 2. The molecule has 3 aromatic carbocycles. The molecular weight excluding hydrogens is 360 g/mol. The van der Waals surface area contributed by atoms with Crippen molar-refractivity contribution in [1.82, 2.24) is 4.98 Å². The number of oxazole rings is 1. The van der Waals surface area contributed by atoms with E-state index in [4.69, 9.17) is 16.0 Å². The lowest BCUT2D eigenvalue weighted by atomic mass is 10.1. The second kappa shape index (κ2) is 6.89. The number of carbonyl (C=O) groups is 1. The quantitative estimate of drug-likeness (QED) is 0.475. The minimum absolute atomic E-state index is 0.210. The monoisotopic (exact) mass is 376 g/mol. The zero-order valence-electron chi connectivity index (χ0n) is 14.9. The van der Waals surface area contributed by atoms with E-state index in [2.05, 4.69) is 10.3 Å². The van der Waals surface area contributed by atoms with Crippen molar-refractivity contribution in [2.45, 2.75) is 13.8 Å². The molecule has 1 aromatic heterocycles. The molecule has 0 aliphatic rings. The van der Waals surface area contributed by atoms with Crippen molar-refractivity contribution in [3.05, 3.63) is 82.4 Å². The Labute approximate surface area is 161 Å². The maximum absolute atomic E-state index is 12.7. The van der Waals surface area contributed by atoms with Crippen LogP contribution in [-0.4, -0.2) is 10.9 Å². The van der Waals surface area contributed by atoms with Crippen molar-refractivity contribution in [1.29, 1.82) is 0 Å². The summed E-state index contributed by atoms with van der Waals surface area (Å²) in [5, 5.41) is 3.34. The Hall–Kier alpha value is -3.11. The largest absolute Gasteiger partial charge is 0.436 e. The molecule has 0 unspecified atom stereocenters. The van der Waals surface area contributed by atoms with Crippen LogP contribution in [0.4, 0.5) is 5.69 Å². The van der Waals surface area contributed by atoms with Crippen LogP contribution in [0.2, 0.25) is 5.02 Å². The molecule has 5 heteroatoms. The van der Waals surface area contributed by atoms with Crippen LogP contribution in [0.3, 0.4) is 0 Å². The Morgan fingerprint density at radius 2 is 1.74 bits per heavy atom. The van der Waals surface area contributed by atoms with E-state index in [1.54, 1.807) is 12.1 Å². The average molecular weight is 377 g/mol. The number of anilines is 1. The Morgan fingerprint density at radius 1 is 1.00 bits per heavy atom. The molecule has 0 radical (unpaired) electrons. The van der Waals surface area contributed by atoms with Gasteiger partial charge in [-0.1, -0.05) is 40.9 Å². The number of rotatable bonds is 3. The van der Waals surface area contributed by atoms with Crippen LogP contribution < -0.4 is 5.32 Å². The van der Waals surface area contributed by atoms with E-state index >= 15 is 0 Å².